The molecule has 0 heterocycles. The van der Waals surface area contributed by atoms with E-state index in [1.807, 2.05) is 21.1 Å². The summed E-state index contributed by atoms with van der Waals surface area (Å²) in [5.74, 6) is -2.30. The number of carboxylic acids is 1. The van der Waals surface area contributed by atoms with Crippen LogP contribution in [0.3, 0.4) is 0 Å². The molecule has 0 aliphatic heterocycles. The van der Waals surface area contributed by atoms with Crippen LogP contribution in [0, 0.1) is 0 Å². The number of rotatable bonds is 37. The van der Waals surface area contributed by atoms with E-state index < -0.39 is 24.3 Å². The summed E-state index contributed by atoms with van der Waals surface area (Å²) in [7, 11) is 5.89. The number of ether oxygens (including phenoxy) is 4. The second kappa shape index (κ2) is 34.8. The van der Waals surface area contributed by atoms with Crippen molar-refractivity contribution in [2.45, 2.75) is 180 Å². The Kier molecular flexibility index (Phi) is 33.3. The Morgan fingerprint density at radius 2 is 1.06 bits per heavy atom. The minimum Gasteiger partial charge on any atom is -0.545 e. The number of nitrogens with zero attached hydrogens (tertiary/aromatic N) is 1. The highest BCUT2D eigenvalue weighted by molar-refractivity contribution is 5.70. The maximum atomic E-state index is 12.7. The summed E-state index contributed by atoms with van der Waals surface area (Å²) in [5.41, 5.74) is 0. The van der Waals surface area contributed by atoms with Crippen LogP contribution in [-0.4, -0.2) is 82.3 Å². The predicted octanol–water partition coefficient (Wildman–Crippen LogP) is 8.77. The van der Waals surface area contributed by atoms with Gasteiger partial charge in [0.2, 0.25) is 0 Å². The maximum absolute atomic E-state index is 12.7. The van der Waals surface area contributed by atoms with E-state index in [2.05, 4.69) is 38.2 Å². The van der Waals surface area contributed by atoms with Crippen LogP contribution in [0.1, 0.15) is 168 Å². The zero-order valence-electron chi connectivity index (χ0n) is 33.5. The Hall–Kier alpha value is -2.23. The first-order valence-corrected chi connectivity index (χ1v) is 20.5. The van der Waals surface area contributed by atoms with Gasteiger partial charge in [-0.3, -0.25) is 9.59 Å². The lowest BCUT2D eigenvalue weighted by atomic mass is 10.1. The van der Waals surface area contributed by atoms with E-state index in [0.717, 1.165) is 57.8 Å². The van der Waals surface area contributed by atoms with E-state index in [1.54, 1.807) is 0 Å². The van der Waals surface area contributed by atoms with Crippen LogP contribution < -0.4 is 5.11 Å². The first-order chi connectivity index (χ1) is 24.6. The van der Waals surface area contributed by atoms with Crippen LogP contribution in [0.4, 0.5) is 0 Å². The largest absolute Gasteiger partial charge is 0.545 e. The third kappa shape index (κ3) is 35.9. The number of quaternary nitrogens is 1. The molecule has 0 radical (unpaired) electrons. The van der Waals surface area contributed by atoms with Gasteiger partial charge in [0, 0.05) is 12.8 Å². The topological polar surface area (TPSA) is 111 Å². The fraction of sp³-hybridized carbons (Fsp3) is 0.833. The maximum Gasteiger partial charge on any atom is 0.306 e. The van der Waals surface area contributed by atoms with Crippen LogP contribution in [0.15, 0.2) is 24.3 Å². The smallest absolute Gasteiger partial charge is 0.306 e. The molecule has 298 valence electrons. The highest BCUT2D eigenvalue weighted by Crippen LogP contribution is 2.13. The van der Waals surface area contributed by atoms with E-state index >= 15 is 0 Å². The summed E-state index contributed by atoms with van der Waals surface area (Å²) in [6.45, 7) is 4.68. The number of carboxylic acid groups (broad SMARTS) is 1. The van der Waals surface area contributed by atoms with Crippen LogP contribution in [-0.2, 0) is 33.3 Å². The summed E-state index contributed by atoms with van der Waals surface area (Å²) >= 11 is 0. The SMILES string of the molecule is CCCCC/C=C\C/C=C\CCCCCCCC(=O)OC(COC(=O)CCCCCCCCCCCCC)COC(OCC[N+](C)(C)C)C(=O)[O-]. The average Bonchev–Trinajstić information content (AvgIpc) is 3.08. The molecule has 0 aliphatic carbocycles. The highest BCUT2D eigenvalue weighted by Gasteiger charge is 2.21. The van der Waals surface area contributed by atoms with Gasteiger partial charge in [0.1, 0.15) is 13.2 Å². The van der Waals surface area contributed by atoms with Crippen molar-refractivity contribution in [2.24, 2.45) is 0 Å². The highest BCUT2D eigenvalue weighted by atomic mass is 16.7. The number of carbonyl (C=O) groups is 3. The fourth-order valence-corrected chi connectivity index (χ4v) is 5.45. The molecule has 0 bridgehead atoms. The molecule has 0 aromatic rings. The molecule has 9 heteroatoms. The van der Waals surface area contributed by atoms with Gasteiger partial charge in [-0.15, -0.1) is 0 Å². The fourth-order valence-electron chi connectivity index (χ4n) is 5.45. The molecule has 0 aliphatic rings. The quantitative estimate of drug-likeness (QED) is 0.0206. The van der Waals surface area contributed by atoms with Gasteiger partial charge in [-0.2, -0.15) is 0 Å². The molecule has 0 amide bonds. The second-order valence-electron chi connectivity index (χ2n) is 14.9. The van der Waals surface area contributed by atoms with Crippen LogP contribution in [0.25, 0.3) is 0 Å². The number of aliphatic carboxylic acids is 1. The lowest BCUT2D eigenvalue weighted by Gasteiger charge is -2.26. The number of likely N-dealkylation sites (N-methyl/N-ethyl adjacent to an activating group) is 1. The minimum absolute atomic E-state index is 0.146. The summed E-state index contributed by atoms with van der Waals surface area (Å²) < 4.78 is 22.5. The molecular weight excluding hydrogens is 646 g/mol. The Morgan fingerprint density at radius 3 is 1.59 bits per heavy atom. The lowest BCUT2D eigenvalue weighted by Crippen LogP contribution is -2.44. The number of carbonyl (C=O) groups excluding carboxylic acids is 3. The van der Waals surface area contributed by atoms with E-state index in [4.69, 9.17) is 18.9 Å². The Bertz CT molecular complexity index is 898. The van der Waals surface area contributed by atoms with Crippen LogP contribution >= 0.6 is 0 Å². The van der Waals surface area contributed by atoms with Crippen molar-refractivity contribution in [1.82, 2.24) is 0 Å². The van der Waals surface area contributed by atoms with Crippen molar-refractivity contribution in [2.75, 3.05) is 47.5 Å². The van der Waals surface area contributed by atoms with E-state index in [9.17, 15) is 19.5 Å². The number of unbranched alkanes of at least 4 members (excludes halogenated alkanes) is 18. The van der Waals surface area contributed by atoms with Crippen molar-refractivity contribution < 1.29 is 42.9 Å². The van der Waals surface area contributed by atoms with Crippen molar-refractivity contribution >= 4 is 17.9 Å². The zero-order valence-corrected chi connectivity index (χ0v) is 33.5. The second-order valence-corrected chi connectivity index (χ2v) is 14.9. The van der Waals surface area contributed by atoms with Gasteiger partial charge in [0.15, 0.2) is 12.4 Å². The summed E-state index contributed by atoms with van der Waals surface area (Å²) in [6, 6.07) is 0. The van der Waals surface area contributed by atoms with E-state index in [0.29, 0.717) is 23.9 Å². The molecule has 9 nitrogen and oxygen atoms in total. The van der Waals surface area contributed by atoms with Crippen LogP contribution in [0.5, 0.6) is 0 Å². The molecule has 0 saturated heterocycles. The Balaban J connectivity index is 4.52. The van der Waals surface area contributed by atoms with Gasteiger partial charge < -0.3 is 33.3 Å². The number of hydrogen-bond donors (Lipinski definition) is 0. The van der Waals surface area contributed by atoms with Crippen LogP contribution in [0.2, 0.25) is 0 Å². The first kappa shape index (κ1) is 48.8. The number of esters is 2. The van der Waals surface area contributed by atoms with Gasteiger partial charge in [-0.25, -0.2) is 0 Å². The summed E-state index contributed by atoms with van der Waals surface area (Å²) in [5, 5.41) is 11.6. The normalized spacial score (nSPS) is 13.2. The summed E-state index contributed by atoms with van der Waals surface area (Å²) in [6.07, 6.45) is 32.0. The van der Waals surface area contributed by atoms with Crippen molar-refractivity contribution in [1.29, 1.82) is 0 Å². The molecule has 0 N–H and O–H groups in total. The van der Waals surface area contributed by atoms with Gasteiger partial charge >= 0.3 is 11.9 Å². The molecule has 0 rings (SSSR count). The predicted molar refractivity (Wildman–Crippen MR) is 205 cm³/mol. The molecule has 0 aromatic carbocycles. The van der Waals surface area contributed by atoms with E-state index in [1.165, 1.54) is 77.0 Å². The first-order valence-electron chi connectivity index (χ1n) is 20.5. The number of hydrogen-bond acceptors (Lipinski definition) is 8. The summed E-state index contributed by atoms with van der Waals surface area (Å²) in [4.78, 5) is 36.8. The zero-order chi connectivity index (χ0) is 37.8. The molecule has 2 atom stereocenters. The van der Waals surface area contributed by atoms with Gasteiger partial charge in [-0.05, 0) is 44.9 Å². The number of allylic oxidation sites excluding steroid dienone is 4. The third-order valence-corrected chi connectivity index (χ3v) is 8.70. The monoisotopic (exact) mass is 724 g/mol. The molecular formula is C42H77NO8. The van der Waals surface area contributed by atoms with Crippen molar-refractivity contribution in [3.05, 3.63) is 24.3 Å². The Labute approximate surface area is 312 Å². The average molecular weight is 724 g/mol. The molecule has 0 spiro atoms. The standard InChI is InChI=1S/C42H77NO8/c1-6-8-10-12-14-16-18-19-20-21-23-25-27-29-31-33-40(45)51-38(37-50-42(41(46)47)48-35-34-43(3,4)5)36-49-39(44)32-30-28-26-24-22-17-15-13-11-9-7-2/h14,16,19-20,38,42H,6-13,15,17-18,21-37H2,1-5H3/b16-14-,20-19-. The van der Waals surface area contributed by atoms with Gasteiger partial charge in [-0.1, -0.05) is 134 Å². The molecule has 0 fully saturated rings. The third-order valence-electron chi connectivity index (χ3n) is 8.70. The molecule has 0 saturated carbocycles. The Morgan fingerprint density at radius 1 is 0.588 bits per heavy atom. The lowest BCUT2D eigenvalue weighted by molar-refractivity contribution is -0.870. The minimum atomic E-state index is -1.62. The van der Waals surface area contributed by atoms with E-state index in [-0.39, 0.29) is 32.2 Å². The van der Waals surface area contributed by atoms with Crippen molar-refractivity contribution in [3.8, 4) is 0 Å². The van der Waals surface area contributed by atoms with Crippen molar-refractivity contribution in [3.63, 3.8) is 0 Å². The molecule has 2 unspecified atom stereocenters. The van der Waals surface area contributed by atoms with Gasteiger partial charge in [0.05, 0.1) is 40.3 Å². The van der Waals surface area contributed by atoms with Gasteiger partial charge in [0.25, 0.3) is 0 Å². The molecule has 0 aromatic heterocycles. The molecule has 51 heavy (non-hydrogen) atoms.